The smallest absolute Gasteiger partial charge is 0.232 e. The van der Waals surface area contributed by atoms with Crippen LogP contribution in [0.2, 0.25) is 0 Å². The van der Waals surface area contributed by atoms with Crippen LogP contribution in [0.5, 0.6) is 0 Å². The van der Waals surface area contributed by atoms with Crippen LogP contribution >= 0.6 is 0 Å². The van der Waals surface area contributed by atoms with Crippen LogP contribution in [0.1, 0.15) is 18.8 Å². The summed E-state index contributed by atoms with van der Waals surface area (Å²) in [7, 11) is 0. The van der Waals surface area contributed by atoms with Gasteiger partial charge in [0.05, 0.1) is 6.04 Å². The summed E-state index contributed by atoms with van der Waals surface area (Å²) in [6.45, 7) is 6.30. The summed E-state index contributed by atoms with van der Waals surface area (Å²) >= 11 is 0. The second kappa shape index (κ2) is 6.63. The number of hydrogen-bond donors (Lipinski definition) is 3. The average Bonchev–Trinajstić information content (AvgIpc) is 2.45. The predicted octanol–water partition coefficient (Wildman–Crippen LogP) is 2.03. The van der Waals surface area contributed by atoms with Crippen molar-refractivity contribution in [2.45, 2.75) is 13.0 Å². The van der Waals surface area contributed by atoms with E-state index in [4.69, 9.17) is 5.73 Å². The molecule has 6 heteroatoms. The number of nitrogens with two attached hydrogens (primary N) is 1. The lowest BCUT2D eigenvalue weighted by Crippen LogP contribution is -2.22. The summed E-state index contributed by atoms with van der Waals surface area (Å²) in [4.78, 5) is 12.6. The van der Waals surface area contributed by atoms with Gasteiger partial charge < -0.3 is 16.4 Å². The zero-order valence-electron chi connectivity index (χ0n) is 11.4. The predicted molar refractivity (Wildman–Crippen MR) is 80.6 cm³/mol. The lowest BCUT2D eigenvalue weighted by Gasteiger charge is -2.12. The van der Waals surface area contributed by atoms with Crippen molar-refractivity contribution >= 4 is 17.6 Å². The largest absolute Gasteiger partial charge is 0.368 e. The van der Waals surface area contributed by atoms with Crippen molar-refractivity contribution in [3.63, 3.8) is 0 Å². The van der Waals surface area contributed by atoms with Crippen molar-refractivity contribution in [1.82, 2.24) is 20.3 Å². The van der Waals surface area contributed by atoms with Crippen LogP contribution in [0.4, 0.5) is 17.6 Å². The number of anilines is 3. The number of nitrogen functional groups attached to an aromatic ring is 1. The zero-order chi connectivity index (χ0) is 14.4. The van der Waals surface area contributed by atoms with Gasteiger partial charge in [0.15, 0.2) is 5.82 Å². The molecule has 0 aliphatic carbocycles. The number of para-hydroxylation sites is 1. The van der Waals surface area contributed by atoms with Gasteiger partial charge in [-0.25, -0.2) is 0 Å². The van der Waals surface area contributed by atoms with E-state index in [0.717, 1.165) is 5.69 Å². The Balaban J connectivity index is 2.18. The number of aromatic nitrogens is 3. The SMILES string of the molecule is C=CCN[C@@H](C)c1nc(N)nc(Nc2ccccc2)n1. The highest BCUT2D eigenvalue weighted by atomic mass is 15.2. The van der Waals surface area contributed by atoms with E-state index in [2.05, 4.69) is 32.2 Å². The first-order chi connectivity index (χ1) is 9.69. The minimum Gasteiger partial charge on any atom is -0.368 e. The molecule has 0 aliphatic rings. The topological polar surface area (TPSA) is 88.8 Å². The molecule has 0 saturated carbocycles. The summed E-state index contributed by atoms with van der Waals surface area (Å²) in [6.07, 6.45) is 1.78. The van der Waals surface area contributed by atoms with Gasteiger partial charge in [0.2, 0.25) is 11.9 Å². The summed E-state index contributed by atoms with van der Waals surface area (Å²) in [5.41, 5.74) is 6.63. The van der Waals surface area contributed by atoms with Crippen LogP contribution in [0.25, 0.3) is 0 Å². The fraction of sp³-hybridized carbons (Fsp3) is 0.214. The summed E-state index contributed by atoms with van der Waals surface area (Å²) in [6, 6.07) is 9.64. The molecular formula is C14H18N6. The second-order valence-corrected chi connectivity index (χ2v) is 4.29. The van der Waals surface area contributed by atoms with E-state index in [0.29, 0.717) is 18.3 Å². The first-order valence-electron chi connectivity index (χ1n) is 6.37. The molecule has 0 bridgehead atoms. The molecule has 0 unspecified atom stereocenters. The van der Waals surface area contributed by atoms with Crippen molar-refractivity contribution < 1.29 is 0 Å². The molecule has 1 atom stereocenters. The first-order valence-corrected chi connectivity index (χ1v) is 6.37. The van der Waals surface area contributed by atoms with Crippen LogP contribution < -0.4 is 16.4 Å². The number of nitrogens with one attached hydrogen (secondary N) is 2. The van der Waals surface area contributed by atoms with E-state index in [1.807, 2.05) is 37.3 Å². The van der Waals surface area contributed by atoms with E-state index < -0.39 is 0 Å². The first kappa shape index (κ1) is 14.0. The Morgan fingerprint density at radius 3 is 2.70 bits per heavy atom. The van der Waals surface area contributed by atoms with Gasteiger partial charge in [-0.2, -0.15) is 15.0 Å². The normalized spacial score (nSPS) is 11.8. The van der Waals surface area contributed by atoms with Gasteiger partial charge in [-0.05, 0) is 19.1 Å². The molecule has 20 heavy (non-hydrogen) atoms. The van der Waals surface area contributed by atoms with Gasteiger partial charge >= 0.3 is 0 Å². The molecule has 0 radical (unpaired) electrons. The van der Waals surface area contributed by atoms with Crippen molar-refractivity contribution in [2.24, 2.45) is 0 Å². The number of nitrogens with zero attached hydrogens (tertiary/aromatic N) is 3. The fourth-order valence-electron chi connectivity index (χ4n) is 1.66. The number of rotatable bonds is 6. The van der Waals surface area contributed by atoms with Crippen molar-refractivity contribution in [1.29, 1.82) is 0 Å². The molecule has 0 saturated heterocycles. The summed E-state index contributed by atoms with van der Waals surface area (Å²) in [5.74, 6) is 1.23. The molecule has 1 aromatic carbocycles. The van der Waals surface area contributed by atoms with E-state index in [1.165, 1.54) is 0 Å². The Morgan fingerprint density at radius 2 is 2.00 bits per heavy atom. The second-order valence-electron chi connectivity index (χ2n) is 4.29. The Bertz CT molecular complexity index is 569. The van der Waals surface area contributed by atoms with E-state index in [-0.39, 0.29) is 12.0 Å². The highest BCUT2D eigenvalue weighted by Gasteiger charge is 2.11. The van der Waals surface area contributed by atoms with Crippen LogP contribution in [-0.2, 0) is 0 Å². The van der Waals surface area contributed by atoms with Crippen LogP contribution in [0, 0.1) is 0 Å². The lowest BCUT2D eigenvalue weighted by atomic mass is 10.3. The maximum atomic E-state index is 5.73. The standard InChI is InChI=1S/C14H18N6/c1-3-9-16-10(2)12-18-13(15)20-14(19-12)17-11-7-5-4-6-8-11/h3-8,10,16H,1,9H2,2H3,(H3,15,17,18,19,20)/t10-/m0/s1. The molecule has 0 spiro atoms. The molecule has 0 fully saturated rings. The van der Waals surface area contributed by atoms with Crippen LogP contribution in [-0.4, -0.2) is 21.5 Å². The quantitative estimate of drug-likeness (QED) is 0.696. The maximum Gasteiger partial charge on any atom is 0.232 e. The third kappa shape index (κ3) is 3.76. The molecule has 2 aromatic rings. The highest BCUT2D eigenvalue weighted by molar-refractivity contribution is 5.53. The van der Waals surface area contributed by atoms with Gasteiger partial charge in [-0.3, -0.25) is 0 Å². The van der Waals surface area contributed by atoms with Crippen molar-refractivity contribution in [3.8, 4) is 0 Å². The Labute approximate surface area is 118 Å². The summed E-state index contributed by atoms with van der Waals surface area (Å²) < 4.78 is 0. The third-order valence-electron chi connectivity index (χ3n) is 2.66. The number of hydrogen-bond acceptors (Lipinski definition) is 6. The molecule has 4 N–H and O–H groups in total. The van der Waals surface area contributed by atoms with Crippen molar-refractivity contribution in [2.75, 3.05) is 17.6 Å². The van der Waals surface area contributed by atoms with Gasteiger partial charge in [0.1, 0.15) is 0 Å². The Morgan fingerprint density at radius 1 is 1.25 bits per heavy atom. The van der Waals surface area contributed by atoms with Crippen LogP contribution in [0.3, 0.4) is 0 Å². The minimum atomic E-state index is -0.0328. The van der Waals surface area contributed by atoms with Gasteiger partial charge in [0.25, 0.3) is 0 Å². The van der Waals surface area contributed by atoms with Gasteiger partial charge in [-0.15, -0.1) is 6.58 Å². The highest BCUT2D eigenvalue weighted by Crippen LogP contribution is 2.15. The molecule has 0 amide bonds. The maximum absolute atomic E-state index is 5.73. The molecule has 2 rings (SSSR count). The third-order valence-corrected chi connectivity index (χ3v) is 2.66. The molecule has 0 aliphatic heterocycles. The van der Waals surface area contributed by atoms with E-state index in [1.54, 1.807) is 6.08 Å². The molecule has 104 valence electrons. The van der Waals surface area contributed by atoms with E-state index in [9.17, 15) is 0 Å². The number of benzene rings is 1. The minimum absolute atomic E-state index is 0.0328. The Hall–Kier alpha value is -2.47. The van der Waals surface area contributed by atoms with Crippen molar-refractivity contribution in [3.05, 3.63) is 48.8 Å². The van der Waals surface area contributed by atoms with E-state index >= 15 is 0 Å². The molecule has 1 aromatic heterocycles. The van der Waals surface area contributed by atoms with Gasteiger partial charge in [-0.1, -0.05) is 24.3 Å². The Kier molecular flexibility index (Phi) is 4.62. The van der Waals surface area contributed by atoms with Crippen LogP contribution in [0.15, 0.2) is 43.0 Å². The lowest BCUT2D eigenvalue weighted by molar-refractivity contribution is 0.581. The average molecular weight is 270 g/mol. The summed E-state index contributed by atoms with van der Waals surface area (Å²) in [5, 5.41) is 6.32. The molecule has 6 nitrogen and oxygen atoms in total. The monoisotopic (exact) mass is 270 g/mol. The fourth-order valence-corrected chi connectivity index (χ4v) is 1.66. The van der Waals surface area contributed by atoms with Gasteiger partial charge in [0, 0.05) is 12.2 Å². The molecular weight excluding hydrogens is 252 g/mol. The molecule has 1 heterocycles. The zero-order valence-corrected chi connectivity index (χ0v) is 11.4.